The largest absolute Gasteiger partial charge is 0.394 e. The molecule has 1 aliphatic rings. The van der Waals surface area contributed by atoms with Gasteiger partial charge in [0.05, 0.1) is 30.4 Å². The number of aryl methyl sites for hydroxylation is 1. The molecule has 0 spiro atoms. The van der Waals surface area contributed by atoms with Crippen LogP contribution in [0.2, 0.25) is 0 Å². The van der Waals surface area contributed by atoms with Crippen molar-refractivity contribution in [2.75, 3.05) is 11.9 Å². The predicted octanol–water partition coefficient (Wildman–Crippen LogP) is 2.45. The molecule has 1 unspecified atom stereocenters. The minimum absolute atomic E-state index is 0.186. The summed E-state index contributed by atoms with van der Waals surface area (Å²) in [6.07, 6.45) is 3.58. The Morgan fingerprint density at radius 1 is 1.27 bits per heavy atom. The summed E-state index contributed by atoms with van der Waals surface area (Å²) >= 11 is 0. The van der Waals surface area contributed by atoms with E-state index in [1.54, 1.807) is 15.8 Å². The Hall–Kier alpha value is -3.46. The normalized spacial score (nSPS) is 15.5. The minimum Gasteiger partial charge on any atom is -0.394 e. The number of nitrogens with one attached hydrogen (secondary N) is 2. The Morgan fingerprint density at radius 2 is 2.03 bits per heavy atom. The summed E-state index contributed by atoms with van der Waals surface area (Å²) < 4.78 is 1.69. The molecule has 3 aromatic rings. The van der Waals surface area contributed by atoms with Crippen LogP contribution in [-0.2, 0) is 19.1 Å². The van der Waals surface area contributed by atoms with E-state index in [0.29, 0.717) is 18.3 Å². The van der Waals surface area contributed by atoms with Crippen LogP contribution in [0.3, 0.4) is 0 Å². The molecule has 156 valence electrons. The molecule has 0 radical (unpaired) electrons. The second kappa shape index (κ2) is 7.75. The van der Waals surface area contributed by atoms with E-state index >= 15 is 0 Å². The highest BCUT2D eigenvalue weighted by Crippen LogP contribution is 2.38. The highest BCUT2D eigenvalue weighted by atomic mass is 16.3. The lowest BCUT2D eigenvalue weighted by Gasteiger charge is -2.33. The van der Waals surface area contributed by atoms with Gasteiger partial charge in [-0.1, -0.05) is 30.3 Å². The summed E-state index contributed by atoms with van der Waals surface area (Å²) in [5.74, 6) is 1.08. The van der Waals surface area contributed by atoms with Gasteiger partial charge >= 0.3 is 6.03 Å². The summed E-state index contributed by atoms with van der Waals surface area (Å²) in [7, 11) is 1.84. The molecule has 0 bridgehead atoms. The second-order valence-electron chi connectivity index (χ2n) is 7.79. The van der Waals surface area contributed by atoms with Crippen LogP contribution in [0.5, 0.6) is 0 Å². The average Bonchev–Trinajstić information content (AvgIpc) is 3.26. The molecule has 4 rings (SSSR count). The molecule has 0 aliphatic carbocycles. The van der Waals surface area contributed by atoms with Gasteiger partial charge in [-0.3, -0.25) is 4.68 Å². The van der Waals surface area contributed by atoms with Gasteiger partial charge in [-0.25, -0.2) is 14.8 Å². The molecule has 1 atom stereocenters. The van der Waals surface area contributed by atoms with Gasteiger partial charge in [0.1, 0.15) is 0 Å². The van der Waals surface area contributed by atoms with Gasteiger partial charge in [-0.2, -0.15) is 5.10 Å². The number of aliphatic hydroxyl groups is 1. The summed E-state index contributed by atoms with van der Waals surface area (Å²) in [4.78, 5) is 23.8. The zero-order valence-electron chi connectivity index (χ0n) is 17.2. The Balaban J connectivity index is 1.52. The first-order valence-electron chi connectivity index (χ1n) is 9.75. The fourth-order valence-electron chi connectivity index (χ4n) is 3.67. The van der Waals surface area contributed by atoms with Gasteiger partial charge < -0.3 is 20.6 Å². The summed E-state index contributed by atoms with van der Waals surface area (Å²) in [5.41, 5.74) is 1.94. The Morgan fingerprint density at radius 3 is 2.70 bits per heavy atom. The number of amides is 2. The number of carbonyl (C=O) groups is 1. The Labute approximate surface area is 174 Å². The number of fused-ring (bicyclic) bond motifs is 1. The van der Waals surface area contributed by atoms with E-state index in [2.05, 4.69) is 25.7 Å². The summed E-state index contributed by atoms with van der Waals surface area (Å²) in [6.45, 7) is 4.09. The highest BCUT2D eigenvalue weighted by molar-refractivity contribution is 5.77. The van der Waals surface area contributed by atoms with Crippen LogP contribution in [0.15, 0.2) is 48.8 Å². The van der Waals surface area contributed by atoms with Gasteiger partial charge in [0, 0.05) is 31.1 Å². The number of carbonyl (C=O) groups excluding carboxylic acids is 1. The van der Waals surface area contributed by atoms with Crippen LogP contribution < -0.4 is 10.6 Å². The topological polar surface area (TPSA) is 108 Å². The van der Waals surface area contributed by atoms with E-state index in [1.807, 2.05) is 63.5 Å². The molecule has 0 saturated carbocycles. The molecule has 0 fully saturated rings. The van der Waals surface area contributed by atoms with E-state index in [4.69, 9.17) is 0 Å². The molecule has 30 heavy (non-hydrogen) atoms. The predicted molar refractivity (Wildman–Crippen MR) is 112 cm³/mol. The van der Waals surface area contributed by atoms with E-state index < -0.39 is 11.6 Å². The van der Waals surface area contributed by atoms with Crippen molar-refractivity contribution in [3.8, 4) is 0 Å². The van der Waals surface area contributed by atoms with Crippen LogP contribution in [0, 0.1) is 0 Å². The van der Waals surface area contributed by atoms with Crippen LogP contribution in [0.1, 0.15) is 36.7 Å². The van der Waals surface area contributed by atoms with Crippen molar-refractivity contribution >= 4 is 17.8 Å². The quantitative estimate of drug-likeness (QED) is 0.600. The number of anilines is 2. The van der Waals surface area contributed by atoms with Crippen molar-refractivity contribution in [1.82, 2.24) is 30.0 Å². The van der Waals surface area contributed by atoms with Crippen molar-refractivity contribution in [3.63, 3.8) is 0 Å². The van der Waals surface area contributed by atoms with Gasteiger partial charge in [-0.15, -0.1) is 0 Å². The first-order chi connectivity index (χ1) is 14.4. The van der Waals surface area contributed by atoms with E-state index in [-0.39, 0.29) is 12.6 Å². The fraction of sp³-hybridized carbons (Fsp3) is 0.333. The van der Waals surface area contributed by atoms with Crippen LogP contribution >= 0.6 is 0 Å². The third-order valence-corrected chi connectivity index (χ3v) is 5.39. The molecule has 1 aliphatic heterocycles. The van der Waals surface area contributed by atoms with Crippen LogP contribution in [-0.4, -0.2) is 42.4 Å². The molecule has 3 heterocycles. The highest BCUT2D eigenvalue weighted by Gasteiger charge is 2.42. The van der Waals surface area contributed by atoms with Crippen molar-refractivity contribution in [3.05, 3.63) is 65.6 Å². The number of urea groups is 1. The number of hydrogen-bond donors (Lipinski definition) is 3. The lowest BCUT2D eigenvalue weighted by atomic mass is 9.97. The molecule has 9 heteroatoms. The number of nitrogens with zero attached hydrogens (tertiary/aromatic N) is 5. The van der Waals surface area contributed by atoms with Crippen LogP contribution in [0.4, 0.5) is 16.6 Å². The molecule has 2 aromatic heterocycles. The average molecular weight is 407 g/mol. The molecular formula is C21H25N7O2. The van der Waals surface area contributed by atoms with E-state index in [1.165, 1.54) is 0 Å². The van der Waals surface area contributed by atoms with Crippen molar-refractivity contribution < 1.29 is 9.90 Å². The standard InChI is InChI=1S/C21H25N7O2/c1-21(2)15-11-22-19(25-18-9-10-27(3)26-18)23-16(15)12-28(21)20(30)24-17(13-29)14-7-5-4-6-8-14/h4-11,17,29H,12-13H2,1-3H3,(H,24,30)(H,22,23,25,26). The SMILES string of the molecule is Cn1ccc(Nc2ncc3c(n2)CN(C(=O)NC(CO)c2ccccc2)C3(C)C)n1. The summed E-state index contributed by atoms with van der Waals surface area (Å²) in [5, 5.41) is 20.1. The zero-order valence-corrected chi connectivity index (χ0v) is 17.2. The van der Waals surface area contributed by atoms with Gasteiger partial charge in [0.25, 0.3) is 0 Å². The zero-order chi connectivity index (χ0) is 21.3. The maximum Gasteiger partial charge on any atom is 0.319 e. The third kappa shape index (κ3) is 3.71. The maximum atomic E-state index is 13.1. The maximum absolute atomic E-state index is 13.1. The molecule has 2 amide bonds. The number of benzene rings is 1. The fourth-order valence-corrected chi connectivity index (χ4v) is 3.67. The van der Waals surface area contributed by atoms with Gasteiger partial charge in [0.15, 0.2) is 5.82 Å². The lowest BCUT2D eigenvalue weighted by Crippen LogP contribution is -2.47. The monoisotopic (exact) mass is 407 g/mol. The number of aliphatic hydroxyl groups excluding tert-OH is 1. The first-order valence-corrected chi connectivity index (χ1v) is 9.75. The smallest absolute Gasteiger partial charge is 0.319 e. The lowest BCUT2D eigenvalue weighted by molar-refractivity contribution is 0.136. The van der Waals surface area contributed by atoms with Crippen LogP contribution in [0.25, 0.3) is 0 Å². The number of rotatable bonds is 5. The molecule has 1 aromatic carbocycles. The Kier molecular flexibility index (Phi) is 5.13. The Bertz CT molecular complexity index is 1050. The first kappa shape index (κ1) is 19.8. The van der Waals surface area contributed by atoms with Crippen molar-refractivity contribution in [2.45, 2.75) is 32.0 Å². The van der Waals surface area contributed by atoms with Crippen molar-refractivity contribution in [2.24, 2.45) is 7.05 Å². The second-order valence-corrected chi connectivity index (χ2v) is 7.79. The molecule has 9 nitrogen and oxygen atoms in total. The minimum atomic E-state index is -0.584. The van der Waals surface area contributed by atoms with E-state index in [9.17, 15) is 9.90 Å². The number of hydrogen-bond acceptors (Lipinski definition) is 6. The molecular weight excluding hydrogens is 382 g/mol. The molecule has 0 saturated heterocycles. The van der Waals surface area contributed by atoms with Gasteiger partial charge in [-0.05, 0) is 19.4 Å². The number of aromatic nitrogens is 4. The van der Waals surface area contributed by atoms with E-state index in [0.717, 1.165) is 16.8 Å². The third-order valence-electron chi connectivity index (χ3n) is 5.39. The van der Waals surface area contributed by atoms with Gasteiger partial charge in [0.2, 0.25) is 5.95 Å². The molecule has 3 N–H and O–H groups in total. The summed E-state index contributed by atoms with van der Waals surface area (Å²) in [6, 6.07) is 10.5. The van der Waals surface area contributed by atoms with Crippen molar-refractivity contribution in [1.29, 1.82) is 0 Å².